The van der Waals surface area contributed by atoms with Gasteiger partial charge in [0.25, 0.3) is 5.91 Å². The molecule has 0 unspecified atom stereocenters. The highest BCUT2D eigenvalue weighted by molar-refractivity contribution is 6.03. The lowest BCUT2D eigenvalue weighted by atomic mass is 9.98. The summed E-state index contributed by atoms with van der Waals surface area (Å²) >= 11 is 0. The number of aliphatic hydroxyl groups is 1. The fraction of sp³-hybridized carbons (Fsp3) is 0.308. The number of amides is 1. The summed E-state index contributed by atoms with van der Waals surface area (Å²) in [4.78, 5) is 23.6. The number of pyridine rings is 2. The van der Waals surface area contributed by atoms with E-state index >= 15 is 0 Å². The Morgan fingerprint density at radius 1 is 1.18 bits per heavy atom. The third-order valence-corrected chi connectivity index (χ3v) is 5.80. The van der Waals surface area contributed by atoms with Crippen molar-refractivity contribution in [3.63, 3.8) is 0 Å². The molecule has 0 spiro atoms. The molecule has 174 valence electrons. The number of aromatic nitrogens is 2. The topological polar surface area (TPSA) is 111 Å². The van der Waals surface area contributed by atoms with Crippen LogP contribution in [-0.4, -0.2) is 47.3 Å². The minimum atomic E-state index is -1.08. The van der Waals surface area contributed by atoms with Gasteiger partial charge in [-0.25, -0.2) is 4.98 Å². The molecule has 0 atom stereocenters. The molecular formula is C26H27N5O3. The number of benzene rings is 1. The maximum Gasteiger partial charge on any atom is 0.274 e. The molecule has 1 fully saturated rings. The first kappa shape index (κ1) is 23.4. The van der Waals surface area contributed by atoms with E-state index in [-0.39, 0.29) is 11.6 Å². The number of rotatable bonds is 5. The Hall–Kier alpha value is -3.80. The molecule has 1 saturated heterocycles. The molecule has 8 heteroatoms. The predicted molar refractivity (Wildman–Crippen MR) is 130 cm³/mol. The van der Waals surface area contributed by atoms with Crippen molar-refractivity contribution in [2.75, 3.05) is 36.5 Å². The zero-order valence-corrected chi connectivity index (χ0v) is 19.5. The van der Waals surface area contributed by atoms with E-state index in [9.17, 15) is 15.2 Å². The summed E-state index contributed by atoms with van der Waals surface area (Å²) in [6.45, 7) is 7.91. The molecule has 0 aliphatic carbocycles. The number of nitriles is 1. The van der Waals surface area contributed by atoms with Crippen LogP contribution >= 0.6 is 0 Å². The molecule has 1 aromatic carbocycles. The second-order valence-corrected chi connectivity index (χ2v) is 8.78. The molecule has 0 saturated carbocycles. The van der Waals surface area contributed by atoms with Gasteiger partial charge in [0, 0.05) is 36.7 Å². The summed E-state index contributed by atoms with van der Waals surface area (Å²) in [5.41, 5.74) is 3.49. The average molecular weight is 458 g/mol. The molecule has 1 aliphatic heterocycles. The molecule has 34 heavy (non-hydrogen) atoms. The van der Waals surface area contributed by atoms with Crippen molar-refractivity contribution in [2.45, 2.75) is 26.4 Å². The van der Waals surface area contributed by atoms with Crippen molar-refractivity contribution in [2.24, 2.45) is 0 Å². The number of ether oxygens (including phenoxy) is 1. The van der Waals surface area contributed by atoms with E-state index in [1.165, 1.54) is 6.20 Å². The Kier molecular flexibility index (Phi) is 6.59. The third kappa shape index (κ3) is 5.06. The summed E-state index contributed by atoms with van der Waals surface area (Å²) in [7, 11) is 0. The standard InChI is InChI=1S/C26H27N5O3/c1-17-4-5-21(30-25(32)23-13-20(6-7-28-23)26(2,3)33)14-22(17)19-12-18(15-27)24(29-16-19)31-8-10-34-11-9-31/h4-7,12-14,16,33H,8-11H2,1-3H3,(H,30,32). The van der Waals surface area contributed by atoms with E-state index < -0.39 is 5.60 Å². The number of hydrogen-bond acceptors (Lipinski definition) is 7. The van der Waals surface area contributed by atoms with E-state index in [0.29, 0.717) is 48.9 Å². The van der Waals surface area contributed by atoms with Crippen LogP contribution in [0.2, 0.25) is 0 Å². The Labute approximate surface area is 198 Å². The largest absolute Gasteiger partial charge is 0.386 e. The van der Waals surface area contributed by atoms with Gasteiger partial charge >= 0.3 is 0 Å². The number of aryl methyl sites for hydroxylation is 1. The van der Waals surface area contributed by atoms with Crippen LogP contribution in [-0.2, 0) is 10.3 Å². The highest BCUT2D eigenvalue weighted by Crippen LogP contribution is 2.30. The van der Waals surface area contributed by atoms with Gasteiger partial charge in [0.2, 0.25) is 0 Å². The Bertz CT molecular complexity index is 1250. The Balaban J connectivity index is 1.60. The average Bonchev–Trinajstić information content (AvgIpc) is 2.85. The van der Waals surface area contributed by atoms with Crippen molar-refractivity contribution < 1.29 is 14.6 Å². The molecule has 8 nitrogen and oxygen atoms in total. The first-order valence-electron chi connectivity index (χ1n) is 11.1. The number of nitrogens with one attached hydrogen (secondary N) is 1. The molecule has 3 aromatic rings. The van der Waals surface area contributed by atoms with Crippen molar-refractivity contribution in [3.8, 4) is 17.2 Å². The van der Waals surface area contributed by atoms with Crippen LogP contribution in [0.5, 0.6) is 0 Å². The molecule has 1 amide bonds. The number of carbonyl (C=O) groups excluding carboxylic acids is 1. The number of nitrogens with zero attached hydrogens (tertiary/aromatic N) is 4. The quantitative estimate of drug-likeness (QED) is 0.602. The van der Waals surface area contributed by atoms with Crippen LogP contribution in [0.15, 0.2) is 48.8 Å². The van der Waals surface area contributed by atoms with E-state index in [4.69, 9.17) is 4.74 Å². The lowest BCUT2D eigenvalue weighted by Crippen LogP contribution is -2.37. The second-order valence-electron chi connectivity index (χ2n) is 8.78. The first-order chi connectivity index (χ1) is 16.3. The number of morpholine rings is 1. The number of hydrogen-bond donors (Lipinski definition) is 2. The van der Waals surface area contributed by atoms with Crippen molar-refractivity contribution in [1.82, 2.24) is 9.97 Å². The highest BCUT2D eigenvalue weighted by Gasteiger charge is 2.20. The summed E-state index contributed by atoms with van der Waals surface area (Å²) < 4.78 is 5.40. The molecule has 4 rings (SSSR count). The molecule has 0 bridgehead atoms. The maximum absolute atomic E-state index is 12.8. The van der Waals surface area contributed by atoms with Crippen molar-refractivity contribution in [3.05, 3.63) is 71.2 Å². The van der Waals surface area contributed by atoms with Gasteiger partial charge in [-0.05, 0) is 67.8 Å². The van der Waals surface area contributed by atoms with Crippen LogP contribution in [0.1, 0.15) is 41.0 Å². The van der Waals surface area contributed by atoms with Gasteiger partial charge in [0.1, 0.15) is 17.6 Å². The molecule has 3 heterocycles. The van der Waals surface area contributed by atoms with Gasteiger partial charge in [0.15, 0.2) is 0 Å². The molecule has 2 aromatic heterocycles. The minimum absolute atomic E-state index is 0.213. The third-order valence-electron chi connectivity index (χ3n) is 5.80. The number of carbonyl (C=O) groups is 1. The van der Waals surface area contributed by atoms with Gasteiger partial charge in [0.05, 0.1) is 24.4 Å². The monoisotopic (exact) mass is 457 g/mol. The van der Waals surface area contributed by atoms with Crippen molar-refractivity contribution >= 4 is 17.4 Å². The number of anilines is 2. The summed E-state index contributed by atoms with van der Waals surface area (Å²) in [6, 6.07) is 12.9. The summed E-state index contributed by atoms with van der Waals surface area (Å²) in [5, 5.41) is 22.8. The van der Waals surface area contributed by atoms with Gasteiger partial charge in [-0.3, -0.25) is 9.78 Å². The molecule has 2 N–H and O–H groups in total. The Morgan fingerprint density at radius 2 is 1.94 bits per heavy atom. The highest BCUT2D eigenvalue weighted by atomic mass is 16.5. The predicted octanol–water partition coefficient (Wildman–Crippen LogP) is 3.64. The van der Waals surface area contributed by atoms with Gasteiger partial charge in [-0.15, -0.1) is 0 Å². The van der Waals surface area contributed by atoms with E-state index in [1.807, 2.05) is 31.2 Å². The first-order valence-corrected chi connectivity index (χ1v) is 11.1. The van der Waals surface area contributed by atoms with E-state index in [2.05, 4.69) is 26.3 Å². The smallest absolute Gasteiger partial charge is 0.274 e. The van der Waals surface area contributed by atoms with E-state index in [0.717, 1.165) is 16.7 Å². The van der Waals surface area contributed by atoms with Crippen LogP contribution < -0.4 is 10.2 Å². The van der Waals surface area contributed by atoms with Gasteiger partial charge in [-0.2, -0.15) is 5.26 Å². The fourth-order valence-corrected chi connectivity index (χ4v) is 3.86. The Morgan fingerprint density at radius 3 is 2.65 bits per heavy atom. The molecule has 0 radical (unpaired) electrons. The molecule has 1 aliphatic rings. The normalized spacial score (nSPS) is 13.9. The molecular weight excluding hydrogens is 430 g/mol. The van der Waals surface area contributed by atoms with Crippen LogP contribution in [0.4, 0.5) is 11.5 Å². The minimum Gasteiger partial charge on any atom is -0.386 e. The second kappa shape index (κ2) is 9.59. The van der Waals surface area contributed by atoms with Gasteiger partial charge < -0.3 is 20.1 Å². The van der Waals surface area contributed by atoms with Gasteiger partial charge in [-0.1, -0.05) is 6.07 Å². The zero-order valence-electron chi connectivity index (χ0n) is 19.5. The summed E-state index contributed by atoms with van der Waals surface area (Å²) in [5.74, 6) is 0.286. The van der Waals surface area contributed by atoms with Crippen molar-refractivity contribution in [1.29, 1.82) is 5.26 Å². The lowest BCUT2D eigenvalue weighted by molar-refractivity contribution is 0.0783. The van der Waals surface area contributed by atoms with E-state index in [1.54, 1.807) is 32.2 Å². The lowest BCUT2D eigenvalue weighted by Gasteiger charge is -2.28. The van der Waals surface area contributed by atoms with Crippen LogP contribution in [0.3, 0.4) is 0 Å². The zero-order chi connectivity index (χ0) is 24.3. The van der Waals surface area contributed by atoms with Crippen LogP contribution in [0.25, 0.3) is 11.1 Å². The summed E-state index contributed by atoms with van der Waals surface area (Å²) in [6.07, 6.45) is 3.27. The maximum atomic E-state index is 12.8. The SMILES string of the molecule is Cc1ccc(NC(=O)c2cc(C(C)(C)O)ccn2)cc1-c1cnc(N2CCOCC2)c(C#N)c1. The fourth-order valence-electron chi connectivity index (χ4n) is 3.86. The van der Waals surface area contributed by atoms with Crippen LogP contribution in [0, 0.1) is 18.3 Å².